The van der Waals surface area contributed by atoms with E-state index in [-0.39, 0.29) is 66.6 Å². The monoisotopic (exact) mass is 570 g/mol. The molecular formula is C35H18F4N4. The van der Waals surface area contributed by atoms with Gasteiger partial charge in [-0.05, 0) is 39.6 Å². The molecule has 43 heavy (non-hydrogen) atoms. The van der Waals surface area contributed by atoms with Crippen LogP contribution in [0, 0.1) is 45.9 Å². The highest BCUT2D eigenvalue weighted by Gasteiger charge is 2.43. The molecule has 0 saturated carbocycles. The molecule has 0 amide bonds. The summed E-state index contributed by atoms with van der Waals surface area (Å²) in [5.41, 5.74) is 0.972. The van der Waals surface area contributed by atoms with Gasteiger partial charge in [-0.15, -0.1) is 0 Å². The van der Waals surface area contributed by atoms with E-state index in [1.807, 2.05) is 6.07 Å². The number of nitriles is 2. The molecule has 0 fully saturated rings. The van der Waals surface area contributed by atoms with Crippen molar-refractivity contribution in [3.05, 3.63) is 117 Å². The zero-order chi connectivity index (χ0) is 30.2. The van der Waals surface area contributed by atoms with Crippen molar-refractivity contribution < 1.29 is 17.6 Å². The van der Waals surface area contributed by atoms with E-state index in [2.05, 4.69) is 16.4 Å². The Bertz CT molecular complexity index is 2300. The zero-order valence-electron chi connectivity index (χ0n) is 22.7. The average Bonchev–Trinajstić information content (AvgIpc) is 3.53. The largest absolute Gasteiger partial charge is 0.379 e. The molecule has 5 aromatic carbocycles. The van der Waals surface area contributed by atoms with Gasteiger partial charge < -0.3 is 5.32 Å². The van der Waals surface area contributed by atoms with Crippen LogP contribution in [0.5, 0.6) is 0 Å². The Hall–Kier alpha value is -5.73. The zero-order valence-corrected chi connectivity index (χ0v) is 22.7. The van der Waals surface area contributed by atoms with Crippen molar-refractivity contribution in [2.75, 3.05) is 14.1 Å². The summed E-state index contributed by atoms with van der Waals surface area (Å²) in [7, 11) is 2.97. The maximum atomic E-state index is 16.6. The van der Waals surface area contributed by atoms with Gasteiger partial charge in [0.2, 0.25) is 0 Å². The number of hydrogen-bond acceptors (Lipinski definition) is 4. The van der Waals surface area contributed by atoms with Crippen LogP contribution in [0.3, 0.4) is 0 Å². The normalized spacial score (nSPS) is 15.2. The van der Waals surface area contributed by atoms with Crippen molar-refractivity contribution in [3.8, 4) is 34.4 Å². The lowest BCUT2D eigenvalue weighted by atomic mass is 9.89. The molecular weight excluding hydrogens is 552 g/mol. The van der Waals surface area contributed by atoms with Gasteiger partial charge in [0.15, 0.2) is 11.6 Å². The number of rotatable bonds is 2. The van der Waals surface area contributed by atoms with Crippen LogP contribution in [0.15, 0.2) is 76.9 Å². The Balaban J connectivity index is 1.79. The fourth-order valence-corrected chi connectivity index (χ4v) is 6.58. The lowest BCUT2D eigenvalue weighted by Crippen LogP contribution is -2.08. The van der Waals surface area contributed by atoms with E-state index in [4.69, 9.17) is 0 Å². The number of aliphatic imine (C=N–C) groups is 1. The maximum Gasteiger partial charge on any atom is 0.168 e. The van der Waals surface area contributed by atoms with Gasteiger partial charge >= 0.3 is 0 Å². The molecule has 0 radical (unpaired) electrons. The van der Waals surface area contributed by atoms with Crippen molar-refractivity contribution in [3.63, 3.8) is 0 Å². The van der Waals surface area contributed by atoms with E-state index in [1.165, 1.54) is 26.4 Å². The molecule has 4 nitrogen and oxygen atoms in total. The first kappa shape index (κ1) is 26.2. The number of nitrogens with zero attached hydrogens (tertiary/aromatic N) is 3. The third kappa shape index (κ3) is 3.32. The minimum Gasteiger partial charge on any atom is -0.379 e. The van der Waals surface area contributed by atoms with Crippen molar-refractivity contribution in [2.45, 2.75) is 0 Å². The van der Waals surface area contributed by atoms with E-state index >= 15 is 17.6 Å². The summed E-state index contributed by atoms with van der Waals surface area (Å²) in [5, 5.41) is 24.5. The van der Waals surface area contributed by atoms with E-state index in [0.717, 1.165) is 6.07 Å². The molecule has 0 unspecified atom stereocenters. The molecule has 0 saturated heterocycles. The highest BCUT2D eigenvalue weighted by Crippen LogP contribution is 2.60. The molecule has 1 N–H and O–H groups in total. The molecule has 0 spiro atoms. The summed E-state index contributed by atoms with van der Waals surface area (Å²) in [6, 6.07) is 19.7. The van der Waals surface area contributed by atoms with Crippen LogP contribution >= 0.6 is 0 Å². The second-order valence-electron chi connectivity index (χ2n) is 10.2. The topological polar surface area (TPSA) is 72.0 Å². The molecule has 0 bridgehead atoms. The smallest absolute Gasteiger partial charge is 0.168 e. The van der Waals surface area contributed by atoms with Gasteiger partial charge in [-0.25, -0.2) is 17.6 Å². The molecule has 206 valence electrons. The Kier molecular flexibility index (Phi) is 5.73. The third-order valence-corrected chi connectivity index (χ3v) is 8.17. The van der Waals surface area contributed by atoms with Crippen LogP contribution in [0.2, 0.25) is 0 Å². The van der Waals surface area contributed by atoms with Gasteiger partial charge in [-0.2, -0.15) is 10.5 Å². The Morgan fingerprint density at radius 2 is 1.19 bits per heavy atom. The quantitative estimate of drug-likeness (QED) is 0.130. The van der Waals surface area contributed by atoms with Crippen molar-refractivity contribution in [1.29, 1.82) is 10.5 Å². The number of fused-ring (bicyclic) bond motifs is 11. The molecule has 0 atom stereocenters. The summed E-state index contributed by atoms with van der Waals surface area (Å²) < 4.78 is 64.3. The molecule has 0 aliphatic heterocycles. The van der Waals surface area contributed by atoms with Crippen molar-refractivity contribution in [2.24, 2.45) is 4.99 Å². The lowest BCUT2D eigenvalue weighted by Gasteiger charge is -2.15. The van der Waals surface area contributed by atoms with Gasteiger partial charge in [0, 0.05) is 70.0 Å². The molecule has 7 rings (SSSR count). The van der Waals surface area contributed by atoms with Gasteiger partial charge in [0.25, 0.3) is 0 Å². The predicted molar refractivity (Wildman–Crippen MR) is 159 cm³/mol. The molecule has 8 heteroatoms. The summed E-state index contributed by atoms with van der Waals surface area (Å²) in [6.07, 6.45) is 1.25. The highest BCUT2D eigenvalue weighted by molar-refractivity contribution is 6.22. The standard InChI is InChI=1S/C35H18F4N4/c1-42-15-16(13-40)26-27-19-9-5-3-7-17(19)23(36)11-21(27)29-32-30(34(38)35(39)33(26)29)22-12-24(37)18-8-4-6-10-20(18)28(22)31(32)25(14-41)43-2/h3-12,15,43H,1-2H3/b26-16-,31-25+,42-15?. The van der Waals surface area contributed by atoms with E-state index < -0.39 is 23.3 Å². The van der Waals surface area contributed by atoms with Gasteiger partial charge in [0.05, 0.1) is 5.57 Å². The number of allylic oxidation sites excluding steroid dienone is 2. The minimum atomic E-state index is -1.27. The fraction of sp³-hybridized carbons (Fsp3) is 0.0571. The first-order chi connectivity index (χ1) is 20.9. The van der Waals surface area contributed by atoms with Crippen molar-refractivity contribution >= 4 is 38.9 Å². The Morgan fingerprint density at radius 1 is 0.674 bits per heavy atom. The van der Waals surface area contributed by atoms with Crippen LogP contribution in [-0.4, -0.2) is 20.3 Å². The van der Waals surface area contributed by atoms with Crippen LogP contribution in [0.25, 0.3) is 54.9 Å². The first-order valence-corrected chi connectivity index (χ1v) is 13.3. The Labute approximate surface area is 243 Å². The average molecular weight is 571 g/mol. The van der Waals surface area contributed by atoms with Crippen LogP contribution in [0.1, 0.15) is 22.3 Å². The molecule has 2 aliphatic carbocycles. The van der Waals surface area contributed by atoms with E-state index in [1.54, 1.807) is 48.5 Å². The summed E-state index contributed by atoms with van der Waals surface area (Å²) in [6.45, 7) is 0. The van der Waals surface area contributed by atoms with E-state index in [9.17, 15) is 10.5 Å². The number of benzene rings is 5. The highest BCUT2D eigenvalue weighted by atomic mass is 19.2. The minimum absolute atomic E-state index is 0.0286. The van der Waals surface area contributed by atoms with Crippen molar-refractivity contribution in [1.82, 2.24) is 5.32 Å². The lowest BCUT2D eigenvalue weighted by molar-refractivity contribution is 0.509. The maximum absolute atomic E-state index is 16.6. The third-order valence-electron chi connectivity index (χ3n) is 8.17. The van der Waals surface area contributed by atoms with Crippen LogP contribution < -0.4 is 5.32 Å². The Morgan fingerprint density at radius 3 is 1.70 bits per heavy atom. The van der Waals surface area contributed by atoms with Gasteiger partial charge in [-0.3, -0.25) is 4.99 Å². The van der Waals surface area contributed by atoms with Crippen LogP contribution in [0.4, 0.5) is 17.6 Å². The fourth-order valence-electron chi connectivity index (χ4n) is 6.58. The van der Waals surface area contributed by atoms with E-state index in [0.29, 0.717) is 21.9 Å². The summed E-state index contributed by atoms with van der Waals surface area (Å²) in [5.74, 6) is -3.79. The van der Waals surface area contributed by atoms with Gasteiger partial charge in [-0.1, -0.05) is 48.5 Å². The molecule has 2 aliphatic rings. The SMILES string of the molecule is CN=C/C(C#N)=C1\c2c(F)c(F)c3c(c2-c2cc(F)c4ccccc4c21)/C(=C(\C#N)NC)c1c-3cc(F)c2ccccc12. The van der Waals surface area contributed by atoms with Gasteiger partial charge in [0.1, 0.15) is 29.5 Å². The predicted octanol–water partition coefficient (Wildman–Crippen LogP) is 8.04. The number of hydrogen-bond donors (Lipinski definition) is 1. The number of halogens is 4. The summed E-state index contributed by atoms with van der Waals surface area (Å²) in [4.78, 5) is 3.97. The molecule has 0 aromatic heterocycles. The second kappa shape index (κ2) is 9.40. The molecule has 0 heterocycles. The van der Waals surface area contributed by atoms with Crippen LogP contribution in [-0.2, 0) is 0 Å². The second-order valence-corrected chi connectivity index (χ2v) is 10.2. The first-order valence-electron chi connectivity index (χ1n) is 13.3. The molecule has 5 aromatic rings. The summed E-state index contributed by atoms with van der Waals surface area (Å²) >= 11 is 0. The number of nitrogens with one attached hydrogen (secondary N) is 1.